The van der Waals surface area contributed by atoms with Crippen LogP contribution in [-0.4, -0.2) is 24.6 Å². The molecule has 1 amide bonds. The van der Waals surface area contributed by atoms with Crippen LogP contribution in [-0.2, 0) is 4.79 Å². The molecule has 160 valence electrons. The van der Waals surface area contributed by atoms with Crippen molar-refractivity contribution in [2.24, 2.45) is 0 Å². The first-order chi connectivity index (χ1) is 14.9. The van der Waals surface area contributed by atoms with Crippen LogP contribution in [0.2, 0.25) is 5.02 Å². The molecular formula is C24H22ClNO5. The minimum atomic E-state index is -0.814. The number of nitrogens with one attached hydrogen (secondary N) is 1. The van der Waals surface area contributed by atoms with Crippen LogP contribution < -0.4 is 19.5 Å². The Morgan fingerprint density at radius 1 is 0.871 bits per heavy atom. The minimum Gasteiger partial charge on any atom is -0.494 e. The van der Waals surface area contributed by atoms with Crippen LogP contribution in [0.1, 0.15) is 24.2 Å². The average molecular weight is 440 g/mol. The number of benzene rings is 3. The Morgan fingerprint density at radius 3 is 2.06 bits per heavy atom. The summed E-state index contributed by atoms with van der Waals surface area (Å²) in [6.07, 6.45) is -0.814. The van der Waals surface area contributed by atoms with Crippen molar-refractivity contribution in [3.63, 3.8) is 0 Å². The largest absolute Gasteiger partial charge is 0.494 e. The summed E-state index contributed by atoms with van der Waals surface area (Å²) in [6, 6.07) is 20.0. The summed E-state index contributed by atoms with van der Waals surface area (Å²) in [7, 11) is 0. The molecule has 7 heteroatoms. The van der Waals surface area contributed by atoms with Crippen molar-refractivity contribution in [3.8, 4) is 17.2 Å². The number of halogens is 1. The normalized spacial score (nSPS) is 11.3. The van der Waals surface area contributed by atoms with Crippen molar-refractivity contribution in [2.45, 2.75) is 20.0 Å². The first-order valence-electron chi connectivity index (χ1n) is 9.73. The standard InChI is InChI=1S/C24H22ClNO5/c1-3-29-20-12-14-21(15-13-20)30-16(2)24(28)31-22-10-4-17(5-11-22)23(27)26-19-8-6-18(25)7-9-19/h4-16H,3H2,1-2H3,(H,26,27). The second kappa shape index (κ2) is 10.5. The topological polar surface area (TPSA) is 73.9 Å². The highest BCUT2D eigenvalue weighted by Gasteiger charge is 2.18. The molecule has 0 saturated heterocycles. The van der Waals surface area contributed by atoms with Crippen LogP contribution in [0.15, 0.2) is 72.8 Å². The molecule has 0 heterocycles. The van der Waals surface area contributed by atoms with Crippen molar-refractivity contribution in [1.29, 1.82) is 0 Å². The fourth-order valence-electron chi connectivity index (χ4n) is 2.64. The predicted molar refractivity (Wildman–Crippen MR) is 119 cm³/mol. The molecule has 0 spiro atoms. The molecule has 6 nitrogen and oxygen atoms in total. The van der Waals surface area contributed by atoms with Crippen molar-refractivity contribution in [1.82, 2.24) is 0 Å². The number of rotatable bonds is 8. The van der Waals surface area contributed by atoms with E-state index < -0.39 is 12.1 Å². The smallest absolute Gasteiger partial charge is 0.352 e. The van der Waals surface area contributed by atoms with Gasteiger partial charge in [0.25, 0.3) is 5.91 Å². The van der Waals surface area contributed by atoms with E-state index in [2.05, 4.69) is 5.32 Å². The zero-order valence-corrected chi connectivity index (χ0v) is 17.9. The summed E-state index contributed by atoms with van der Waals surface area (Å²) in [5, 5.41) is 3.36. The Bertz CT molecular complexity index is 1020. The number of hydrogen-bond acceptors (Lipinski definition) is 5. The molecule has 3 aromatic rings. The van der Waals surface area contributed by atoms with E-state index in [0.717, 1.165) is 5.75 Å². The Hall–Kier alpha value is -3.51. The van der Waals surface area contributed by atoms with Gasteiger partial charge in [-0.3, -0.25) is 4.79 Å². The molecule has 1 atom stereocenters. The van der Waals surface area contributed by atoms with Gasteiger partial charge in [-0.2, -0.15) is 0 Å². The number of carbonyl (C=O) groups is 2. The third kappa shape index (κ3) is 6.49. The van der Waals surface area contributed by atoms with Gasteiger partial charge in [0.15, 0.2) is 6.10 Å². The van der Waals surface area contributed by atoms with Gasteiger partial charge in [-0.05, 0) is 86.6 Å². The third-order valence-corrected chi connectivity index (χ3v) is 4.47. The van der Waals surface area contributed by atoms with Crippen molar-refractivity contribution >= 4 is 29.2 Å². The maximum atomic E-state index is 12.3. The van der Waals surface area contributed by atoms with Crippen molar-refractivity contribution in [3.05, 3.63) is 83.4 Å². The van der Waals surface area contributed by atoms with E-state index in [1.54, 1.807) is 79.7 Å². The Labute approximate surface area is 185 Å². The van der Waals surface area contributed by atoms with E-state index in [4.69, 9.17) is 25.8 Å². The van der Waals surface area contributed by atoms with Gasteiger partial charge in [0.1, 0.15) is 17.2 Å². The van der Waals surface area contributed by atoms with Gasteiger partial charge in [-0.15, -0.1) is 0 Å². The summed E-state index contributed by atoms with van der Waals surface area (Å²) in [4.78, 5) is 24.6. The molecular weight excluding hydrogens is 418 g/mol. The highest BCUT2D eigenvalue weighted by molar-refractivity contribution is 6.30. The van der Waals surface area contributed by atoms with E-state index in [-0.39, 0.29) is 5.91 Å². The predicted octanol–water partition coefficient (Wildman–Crippen LogP) is 5.36. The van der Waals surface area contributed by atoms with E-state index >= 15 is 0 Å². The SMILES string of the molecule is CCOc1ccc(OC(C)C(=O)Oc2ccc(C(=O)Nc3ccc(Cl)cc3)cc2)cc1. The van der Waals surface area contributed by atoms with E-state index in [0.29, 0.717) is 34.4 Å². The second-order valence-corrected chi connectivity index (χ2v) is 7.01. The molecule has 1 N–H and O–H groups in total. The lowest BCUT2D eigenvalue weighted by Gasteiger charge is -2.14. The summed E-state index contributed by atoms with van der Waals surface area (Å²) in [5.74, 6) is 0.738. The lowest BCUT2D eigenvalue weighted by atomic mass is 10.2. The van der Waals surface area contributed by atoms with E-state index in [1.807, 2.05) is 6.92 Å². The molecule has 3 rings (SSSR count). The maximum absolute atomic E-state index is 12.3. The summed E-state index contributed by atoms with van der Waals surface area (Å²) in [5.41, 5.74) is 1.05. The van der Waals surface area contributed by atoms with Gasteiger partial charge in [0, 0.05) is 16.3 Å². The van der Waals surface area contributed by atoms with Crippen LogP contribution in [0.4, 0.5) is 5.69 Å². The lowest BCUT2D eigenvalue weighted by Crippen LogP contribution is -2.28. The van der Waals surface area contributed by atoms with Crippen LogP contribution in [0.25, 0.3) is 0 Å². The lowest BCUT2D eigenvalue weighted by molar-refractivity contribution is -0.141. The molecule has 0 aliphatic heterocycles. The second-order valence-electron chi connectivity index (χ2n) is 6.57. The zero-order chi connectivity index (χ0) is 22.2. The number of anilines is 1. The number of amides is 1. The fraction of sp³-hybridized carbons (Fsp3) is 0.167. The molecule has 0 aliphatic rings. The molecule has 0 aliphatic carbocycles. The highest BCUT2D eigenvalue weighted by Crippen LogP contribution is 2.20. The minimum absolute atomic E-state index is 0.285. The van der Waals surface area contributed by atoms with Crippen LogP contribution >= 0.6 is 11.6 Å². The first kappa shape index (κ1) is 22.2. The van der Waals surface area contributed by atoms with Gasteiger partial charge in [-0.25, -0.2) is 4.79 Å². The summed E-state index contributed by atoms with van der Waals surface area (Å²) < 4.78 is 16.3. The number of hydrogen-bond donors (Lipinski definition) is 1. The van der Waals surface area contributed by atoms with Crippen LogP contribution in [0.5, 0.6) is 17.2 Å². The number of ether oxygens (including phenoxy) is 3. The first-order valence-corrected chi connectivity index (χ1v) is 10.1. The maximum Gasteiger partial charge on any atom is 0.352 e. The Kier molecular flexibility index (Phi) is 7.51. The molecule has 0 fully saturated rings. The molecule has 0 aromatic heterocycles. The quantitative estimate of drug-likeness (QED) is 0.377. The van der Waals surface area contributed by atoms with Crippen molar-refractivity contribution in [2.75, 3.05) is 11.9 Å². The number of carbonyl (C=O) groups excluding carboxylic acids is 2. The zero-order valence-electron chi connectivity index (χ0n) is 17.1. The molecule has 0 radical (unpaired) electrons. The van der Waals surface area contributed by atoms with Gasteiger partial charge in [0.2, 0.25) is 0 Å². The summed E-state index contributed by atoms with van der Waals surface area (Å²) >= 11 is 5.84. The molecule has 31 heavy (non-hydrogen) atoms. The van der Waals surface area contributed by atoms with Gasteiger partial charge in [0.05, 0.1) is 6.61 Å². The molecule has 3 aromatic carbocycles. The van der Waals surface area contributed by atoms with Crippen molar-refractivity contribution < 1.29 is 23.8 Å². The fourth-order valence-corrected chi connectivity index (χ4v) is 2.77. The van der Waals surface area contributed by atoms with Gasteiger partial charge in [-0.1, -0.05) is 11.6 Å². The third-order valence-electron chi connectivity index (χ3n) is 4.22. The molecule has 0 saturated carbocycles. The van der Waals surface area contributed by atoms with Gasteiger partial charge >= 0.3 is 5.97 Å². The average Bonchev–Trinajstić information content (AvgIpc) is 2.77. The van der Waals surface area contributed by atoms with Crippen LogP contribution in [0, 0.1) is 0 Å². The van der Waals surface area contributed by atoms with Gasteiger partial charge < -0.3 is 19.5 Å². The van der Waals surface area contributed by atoms with Crippen LogP contribution in [0.3, 0.4) is 0 Å². The summed E-state index contributed by atoms with van der Waals surface area (Å²) in [6.45, 7) is 4.08. The molecule has 1 unspecified atom stereocenters. The highest BCUT2D eigenvalue weighted by atomic mass is 35.5. The number of esters is 1. The molecule has 0 bridgehead atoms. The van der Waals surface area contributed by atoms with E-state index in [1.165, 1.54) is 0 Å². The van der Waals surface area contributed by atoms with E-state index in [9.17, 15) is 9.59 Å². The Balaban J connectivity index is 1.53. The monoisotopic (exact) mass is 439 g/mol. The Morgan fingerprint density at radius 2 is 1.45 bits per heavy atom.